The van der Waals surface area contributed by atoms with Crippen molar-refractivity contribution >= 4 is 18.0 Å². The molecule has 0 radical (unpaired) electrons. The summed E-state index contributed by atoms with van der Waals surface area (Å²) < 4.78 is 24.7. The molecule has 6 nitrogen and oxygen atoms in total. The highest BCUT2D eigenvalue weighted by Crippen LogP contribution is 2.29. The molecule has 0 saturated carbocycles. The topological polar surface area (TPSA) is 84.9 Å². The maximum absolute atomic E-state index is 13.7. The van der Waals surface area contributed by atoms with Crippen molar-refractivity contribution in [2.75, 3.05) is 7.11 Å². The van der Waals surface area contributed by atoms with E-state index in [1.807, 2.05) is 6.92 Å². The normalized spacial score (nSPS) is 12.9. The quantitative estimate of drug-likeness (QED) is 0.572. The molecule has 7 heteroatoms. The number of halogens is 1. The summed E-state index contributed by atoms with van der Waals surface area (Å²) in [6.45, 7) is 3.69. The number of methoxy groups -OCH3 is 1. The van der Waals surface area contributed by atoms with Gasteiger partial charge in [-0.1, -0.05) is 44.5 Å². The number of ether oxygens (including phenoxy) is 2. The number of carboxylic acids is 1. The van der Waals surface area contributed by atoms with Crippen molar-refractivity contribution in [2.45, 2.75) is 32.9 Å². The second-order valence-electron chi connectivity index (χ2n) is 6.83. The minimum atomic E-state index is -1.07. The maximum atomic E-state index is 13.7. The zero-order chi connectivity index (χ0) is 22.1. The van der Waals surface area contributed by atoms with E-state index in [0.717, 1.165) is 0 Å². The van der Waals surface area contributed by atoms with Gasteiger partial charge in [-0.2, -0.15) is 0 Å². The van der Waals surface area contributed by atoms with Crippen LogP contribution in [0.15, 0.2) is 48.5 Å². The second kappa shape index (κ2) is 11.0. The summed E-state index contributed by atoms with van der Waals surface area (Å²) in [4.78, 5) is 23.4. The Labute approximate surface area is 175 Å². The van der Waals surface area contributed by atoms with Crippen LogP contribution in [0, 0.1) is 11.7 Å². The van der Waals surface area contributed by atoms with E-state index in [4.69, 9.17) is 9.47 Å². The van der Waals surface area contributed by atoms with Crippen molar-refractivity contribution in [1.29, 1.82) is 0 Å². The van der Waals surface area contributed by atoms with Gasteiger partial charge in [0.25, 0.3) is 0 Å². The van der Waals surface area contributed by atoms with Gasteiger partial charge in [0.2, 0.25) is 5.91 Å². The van der Waals surface area contributed by atoms with Crippen molar-refractivity contribution in [3.05, 3.63) is 65.5 Å². The number of amides is 1. The molecule has 2 aromatic rings. The van der Waals surface area contributed by atoms with Gasteiger partial charge in [0.1, 0.15) is 18.5 Å². The first-order chi connectivity index (χ1) is 14.3. The van der Waals surface area contributed by atoms with E-state index < -0.39 is 17.9 Å². The first kappa shape index (κ1) is 22.9. The van der Waals surface area contributed by atoms with Gasteiger partial charge in [0.05, 0.1) is 7.11 Å². The molecule has 1 amide bonds. The lowest BCUT2D eigenvalue weighted by molar-refractivity contribution is -0.142. The van der Waals surface area contributed by atoms with Crippen molar-refractivity contribution in [2.24, 2.45) is 5.92 Å². The predicted octanol–water partition coefficient (Wildman–Crippen LogP) is 4.04. The summed E-state index contributed by atoms with van der Waals surface area (Å²) in [6.07, 6.45) is 3.45. The van der Waals surface area contributed by atoms with Crippen LogP contribution in [-0.2, 0) is 16.2 Å². The van der Waals surface area contributed by atoms with Crippen LogP contribution < -0.4 is 14.8 Å². The third-order valence-corrected chi connectivity index (χ3v) is 4.73. The molecular weight excluding hydrogens is 389 g/mol. The highest BCUT2D eigenvalue weighted by molar-refractivity contribution is 5.94. The number of carbonyl (C=O) groups excluding carboxylic acids is 1. The number of nitrogens with one attached hydrogen (secondary N) is 1. The van der Waals surface area contributed by atoms with Gasteiger partial charge in [0.15, 0.2) is 11.5 Å². The van der Waals surface area contributed by atoms with E-state index in [2.05, 4.69) is 5.32 Å². The zero-order valence-corrected chi connectivity index (χ0v) is 17.2. The van der Waals surface area contributed by atoms with Crippen LogP contribution in [0.1, 0.15) is 31.4 Å². The number of rotatable bonds is 10. The largest absolute Gasteiger partial charge is 0.493 e. The molecule has 0 aliphatic carbocycles. The molecular formula is C23H26FNO5. The van der Waals surface area contributed by atoms with Crippen molar-refractivity contribution in [3.63, 3.8) is 0 Å². The second-order valence-corrected chi connectivity index (χ2v) is 6.83. The van der Waals surface area contributed by atoms with Gasteiger partial charge in [-0.3, -0.25) is 4.79 Å². The van der Waals surface area contributed by atoms with Crippen molar-refractivity contribution in [1.82, 2.24) is 5.32 Å². The molecule has 2 atom stereocenters. The first-order valence-electron chi connectivity index (χ1n) is 9.61. The van der Waals surface area contributed by atoms with E-state index in [-0.39, 0.29) is 18.3 Å². The fourth-order valence-electron chi connectivity index (χ4n) is 2.73. The van der Waals surface area contributed by atoms with Crippen molar-refractivity contribution in [3.8, 4) is 11.5 Å². The smallest absolute Gasteiger partial charge is 0.326 e. The monoisotopic (exact) mass is 415 g/mol. The molecule has 0 aliphatic heterocycles. The Morgan fingerprint density at radius 2 is 1.93 bits per heavy atom. The Hall–Kier alpha value is -3.35. The van der Waals surface area contributed by atoms with Crippen molar-refractivity contribution < 1.29 is 28.6 Å². The van der Waals surface area contributed by atoms with Crippen LogP contribution in [0.25, 0.3) is 6.08 Å². The maximum Gasteiger partial charge on any atom is 0.326 e. The predicted molar refractivity (Wildman–Crippen MR) is 112 cm³/mol. The molecule has 2 N–H and O–H groups in total. The molecule has 0 spiro atoms. The summed E-state index contributed by atoms with van der Waals surface area (Å²) in [5, 5.41) is 11.8. The molecule has 2 rings (SSSR count). The first-order valence-corrected chi connectivity index (χ1v) is 9.61. The van der Waals surface area contributed by atoms with E-state index >= 15 is 0 Å². The molecule has 0 aliphatic rings. The van der Waals surface area contributed by atoms with Crippen LogP contribution >= 0.6 is 0 Å². The Balaban J connectivity index is 2.05. The molecule has 0 saturated heterocycles. The standard InChI is InChI=1S/C23H26FNO5/c1-4-15(2)22(23(27)28)25-21(26)12-10-16-9-11-19(20(13-16)29-3)30-14-17-7-5-6-8-18(17)24/h5-13,15,22H,4,14H2,1-3H3,(H,25,26)(H,27,28)/b12-10+/t15-,22+/m0/s1. The average Bonchev–Trinajstić information content (AvgIpc) is 2.75. The molecule has 160 valence electrons. The summed E-state index contributed by atoms with van der Waals surface area (Å²) in [6, 6.07) is 10.4. The Morgan fingerprint density at radius 1 is 1.20 bits per heavy atom. The molecule has 0 fully saturated rings. The minimum absolute atomic E-state index is 0.0484. The highest BCUT2D eigenvalue weighted by atomic mass is 19.1. The minimum Gasteiger partial charge on any atom is -0.493 e. The Morgan fingerprint density at radius 3 is 2.57 bits per heavy atom. The van der Waals surface area contributed by atoms with Gasteiger partial charge in [-0.05, 0) is 35.8 Å². The van der Waals surface area contributed by atoms with Gasteiger partial charge in [-0.15, -0.1) is 0 Å². The molecule has 0 unspecified atom stereocenters. The number of benzene rings is 2. The lowest BCUT2D eigenvalue weighted by Gasteiger charge is -2.19. The number of carboxylic acid groups (broad SMARTS) is 1. The van der Waals surface area contributed by atoms with Crippen LogP contribution in [0.2, 0.25) is 0 Å². The molecule has 0 heterocycles. The van der Waals surface area contributed by atoms with E-state index in [1.165, 1.54) is 19.3 Å². The van der Waals surface area contributed by atoms with Gasteiger partial charge in [-0.25, -0.2) is 9.18 Å². The number of hydrogen-bond acceptors (Lipinski definition) is 4. The van der Waals surface area contributed by atoms with Gasteiger partial charge >= 0.3 is 5.97 Å². The number of hydrogen-bond donors (Lipinski definition) is 2. The average molecular weight is 415 g/mol. The fourth-order valence-corrected chi connectivity index (χ4v) is 2.73. The van der Waals surface area contributed by atoms with Crippen LogP contribution in [-0.4, -0.2) is 30.1 Å². The van der Waals surface area contributed by atoms with Crippen LogP contribution in [0.4, 0.5) is 4.39 Å². The van der Waals surface area contributed by atoms with Gasteiger partial charge in [0, 0.05) is 11.6 Å². The molecule has 0 aromatic heterocycles. The zero-order valence-electron chi connectivity index (χ0n) is 17.2. The summed E-state index contributed by atoms with van der Waals surface area (Å²) in [5.74, 6) is -1.24. The van der Waals surface area contributed by atoms with Crippen LogP contribution in [0.5, 0.6) is 11.5 Å². The number of carbonyl (C=O) groups is 2. The third kappa shape index (κ3) is 6.34. The Kier molecular flexibility index (Phi) is 8.41. The van der Waals surface area contributed by atoms with Crippen LogP contribution in [0.3, 0.4) is 0 Å². The van der Waals surface area contributed by atoms with E-state index in [0.29, 0.717) is 29.0 Å². The molecule has 30 heavy (non-hydrogen) atoms. The summed E-state index contributed by atoms with van der Waals surface area (Å²) in [5.41, 5.74) is 1.09. The lowest BCUT2D eigenvalue weighted by atomic mass is 9.99. The SMILES string of the molecule is CC[C@H](C)[C@@H](NC(=O)/C=C/c1ccc(OCc2ccccc2F)c(OC)c1)C(=O)O. The van der Waals surface area contributed by atoms with Gasteiger partial charge < -0.3 is 19.9 Å². The Bertz CT molecular complexity index is 912. The molecule has 0 bridgehead atoms. The van der Waals surface area contributed by atoms with E-state index in [1.54, 1.807) is 49.4 Å². The highest BCUT2D eigenvalue weighted by Gasteiger charge is 2.24. The lowest BCUT2D eigenvalue weighted by Crippen LogP contribution is -2.44. The summed E-state index contributed by atoms with van der Waals surface area (Å²) in [7, 11) is 1.48. The summed E-state index contributed by atoms with van der Waals surface area (Å²) >= 11 is 0. The fraction of sp³-hybridized carbons (Fsp3) is 0.304. The molecule has 2 aromatic carbocycles. The van der Waals surface area contributed by atoms with E-state index in [9.17, 15) is 19.1 Å². The number of aliphatic carboxylic acids is 1. The third-order valence-electron chi connectivity index (χ3n) is 4.73.